The maximum Gasteiger partial charge on any atom is 0.505 e. The molecule has 1 aromatic rings. The molecule has 0 saturated heterocycles. The van der Waals surface area contributed by atoms with E-state index in [-0.39, 0.29) is 10.6 Å². The predicted octanol–water partition coefficient (Wildman–Crippen LogP) is 1.84. The highest BCUT2D eigenvalue weighted by atomic mass is 19.4. The van der Waals surface area contributed by atoms with Gasteiger partial charge in [-0.3, -0.25) is 9.89 Å². The summed E-state index contributed by atoms with van der Waals surface area (Å²) in [7, 11) is 0. The highest BCUT2D eigenvalue weighted by molar-refractivity contribution is 5.25. The first kappa shape index (κ1) is 9.36. The van der Waals surface area contributed by atoms with Gasteiger partial charge in [0.15, 0.2) is 0 Å². The molecule has 1 saturated carbocycles. The zero-order valence-electron chi connectivity index (χ0n) is 7.48. The van der Waals surface area contributed by atoms with Gasteiger partial charge in [0, 0.05) is 11.3 Å². The van der Waals surface area contributed by atoms with Crippen molar-refractivity contribution in [2.24, 2.45) is 0 Å². The van der Waals surface area contributed by atoms with E-state index < -0.39 is 11.9 Å². The number of nitrogens with one attached hydrogen (secondary N) is 1. The third-order valence-electron chi connectivity index (χ3n) is 2.36. The molecule has 2 rings (SSSR count). The van der Waals surface area contributed by atoms with Crippen molar-refractivity contribution < 1.29 is 13.2 Å². The lowest BCUT2D eigenvalue weighted by molar-refractivity contribution is -0.214. The van der Waals surface area contributed by atoms with Crippen LogP contribution in [0.4, 0.5) is 13.2 Å². The summed E-state index contributed by atoms with van der Waals surface area (Å²) >= 11 is 0. The Bertz CT molecular complexity index is 411. The molecule has 0 aliphatic heterocycles. The van der Waals surface area contributed by atoms with Crippen molar-refractivity contribution in [1.82, 2.24) is 9.78 Å². The third-order valence-corrected chi connectivity index (χ3v) is 2.36. The van der Waals surface area contributed by atoms with E-state index in [1.54, 1.807) is 0 Å². The molecule has 1 heterocycles. The lowest BCUT2D eigenvalue weighted by Crippen LogP contribution is -2.30. The van der Waals surface area contributed by atoms with Crippen LogP contribution in [0.15, 0.2) is 4.79 Å². The number of hydrogen-bond donors (Lipinski definition) is 1. The molecule has 0 amide bonds. The van der Waals surface area contributed by atoms with Crippen LogP contribution in [0.3, 0.4) is 0 Å². The van der Waals surface area contributed by atoms with Crippen molar-refractivity contribution >= 4 is 0 Å². The summed E-state index contributed by atoms with van der Waals surface area (Å²) in [5.74, 6) is 0.0300. The maximum atomic E-state index is 12.3. The van der Waals surface area contributed by atoms with Crippen molar-refractivity contribution in [2.75, 3.05) is 0 Å². The molecule has 1 N–H and O–H groups in total. The predicted molar refractivity (Wildman–Crippen MR) is 43.1 cm³/mol. The molecule has 1 aromatic heterocycles. The number of rotatable bonds is 1. The van der Waals surface area contributed by atoms with E-state index in [1.807, 2.05) is 0 Å². The van der Waals surface area contributed by atoms with Crippen LogP contribution < -0.4 is 5.56 Å². The number of hydrogen-bond acceptors (Lipinski definition) is 1. The SMILES string of the molecule is Cc1[nH]n(C(F)(F)F)c(=O)c1C1CC1. The second-order valence-electron chi connectivity index (χ2n) is 3.53. The standard InChI is InChI=1S/C8H9F3N2O/c1-4-6(5-2-3-5)7(14)13(12-4)8(9,10)11/h5,12H,2-3H2,1H3. The molecule has 0 radical (unpaired) electrons. The number of alkyl halides is 3. The molecule has 1 aliphatic rings. The fourth-order valence-electron chi connectivity index (χ4n) is 1.59. The van der Waals surface area contributed by atoms with Crippen LogP contribution in [0.1, 0.15) is 30.0 Å². The Labute approximate surface area is 77.5 Å². The Morgan fingerprint density at radius 1 is 1.43 bits per heavy atom. The quantitative estimate of drug-likeness (QED) is 0.747. The second-order valence-corrected chi connectivity index (χ2v) is 3.53. The summed E-state index contributed by atoms with van der Waals surface area (Å²) in [6, 6.07) is 0. The molecule has 14 heavy (non-hydrogen) atoms. The van der Waals surface area contributed by atoms with E-state index in [4.69, 9.17) is 0 Å². The first-order valence-electron chi connectivity index (χ1n) is 4.30. The Morgan fingerprint density at radius 2 is 2.00 bits per heavy atom. The minimum atomic E-state index is -4.64. The van der Waals surface area contributed by atoms with Gasteiger partial charge in [0.1, 0.15) is 0 Å². The largest absolute Gasteiger partial charge is 0.505 e. The molecule has 3 nitrogen and oxygen atoms in total. The number of aromatic amines is 1. The highest BCUT2D eigenvalue weighted by Crippen LogP contribution is 2.40. The van der Waals surface area contributed by atoms with Crippen LogP contribution in [-0.4, -0.2) is 9.78 Å². The lowest BCUT2D eigenvalue weighted by Gasteiger charge is -2.04. The molecule has 6 heteroatoms. The first-order chi connectivity index (χ1) is 6.41. The first-order valence-corrected chi connectivity index (χ1v) is 4.30. The van der Waals surface area contributed by atoms with Gasteiger partial charge >= 0.3 is 6.30 Å². The molecule has 78 valence electrons. The smallest absolute Gasteiger partial charge is 0.292 e. The minimum absolute atomic E-state index is 0.0300. The van der Waals surface area contributed by atoms with Gasteiger partial charge in [0.2, 0.25) is 0 Å². The fourth-order valence-corrected chi connectivity index (χ4v) is 1.59. The van der Waals surface area contributed by atoms with Crippen LogP contribution in [-0.2, 0) is 6.30 Å². The number of nitrogens with zero attached hydrogens (tertiary/aromatic N) is 1. The number of aromatic nitrogens is 2. The van der Waals surface area contributed by atoms with Gasteiger partial charge < -0.3 is 0 Å². The zero-order chi connectivity index (χ0) is 10.5. The zero-order valence-corrected chi connectivity index (χ0v) is 7.48. The second kappa shape index (κ2) is 2.65. The number of aryl methyl sites for hydroxylation is 1. The van der Waals surface area contributed by atoms with E-state index in [0.717, 1.165) is 12.8 Å². The molecule has 0 bridgehead atoms. The summed E-state index contributed by atoms with van der Waals surface area (Å²) in [6.45, 7) is 1.50. The Kier molecular flexibility index (Phi) is 1.77. The average molecular weight is 206 g/mol. The van der Waals surface area contributed by atoms with Crippen LogP contribution >= 0.6 is 0 Å². The minimum Gasteiger partial charge on any atom is -0.292 e. The number of halogens is 3. The van der Waals surface area contributed by atoms with E-state index in [1.165, 1.54) is 6.92 Å². The summed E-state index contributed by atoms with van der Waals surface area (Å²) in [4.78, 5) is 11.3. The summed E-state index contributed by atoms with van der Waals surface area (Å²) in [5, 5.41) is 2.05. The fraction of sp³-hybridized carbons (Fsp3) is 0.625. The van der Waals surface area contributed by atoms with Crippen molar-refractivity contribution in [3.63, 3.8) is 0 Å². The molecule has 1 aliphatic carbocycles. The Balaban J connectivity index is 2.54. The van der Waals surface area contributed by atoms with E-state index in [2.05, 4.69) is 5.10 Å². The van der Waals surface area contributed by atoms with Gasteiger partial charge in [-0.15, -0.1) is 13.2 Å². The highest BCUT2D eigenvalue weighted by Gasteiger charge is 2.38. The van der Waals surface area contributed by atoms with Gasteiger partial charge in [0.05, 0.1) is 0 Å². The molecular weight excluding hydrogens is 197 g/mol. The maximum absolute atomic E-state index is 12.3. The monoisotopic (exact) mass is 206 g/mol. The van der Waals surface area contributed by atoms with Gasteiger partial charge in [-0.2, -0.15) is 4.68 Å². The third kappa shape index (κ3) is 1.34. The van der Waals surface area contributed by atoms with E-state index in [9.17, 15) is 18.0 Å². The topological polar surface area (TPSA) is 37.8 Å². The molecule has 0 atom stereocenters. The van der Waals surface area contributed by atoms with Crippen molar-refractivity contribution in [2.45, 2.75) is 32.0 Å². The van der Waals surface area contributed by atoms with Crippen LogP contribution in [0.5, 0.6) is 0 Å². The van der Waals surface area contributed by atoms with Crippen LogP contribution in [0, 0.1) is 6.92 Å². The van der Waals surface area contributed by atoms with Crippen molar-refractivity contribution in [3.8, 4) is 0 Å². The Hall–Kier alpha value is -1.20. The van der Waals surface area contributed by atoms with E-state index >= 15 is 0 Å². The average Bonchev–Trinajstić information content (AvgIpc) is 2.78. The van der Waals surface area contributed by atoms with E-state index in [0.29, 0.717) is 11.3 Å². The molecular formula is C8H9F3N2O. The van der Waals surface area contributed by atoms with Gasteiger partial charge in [-0.05, 0) is 25.7 Å². The lowest BCUT2D eigenvalue weighted by atomic mass is 10.2. The molecule has 0 aromatic carbocycles. The molecule has 1 fully saturated rings. The van der Waals surface area contributed by atoms with Gasteiger partial charge in [-0.25, -0.2) is 0 Å². The summed E-state index contributed by atoms with van der Waals surface area (Å²) in [6.07, 6.45) is -3.02. The van der Waals surface area contributed by atoms with Crippen LogP contribution in [0.2, 0.25) is 0 Å². The Morgan fingerprint density at radius 3 is 2.36 bits per heavy atom. The summed E-state index contributed by atoms with van der Waals surface area (Å²) < 4.78 is 36.5. The summed E-state index contributed by atoms with van der Waals surface area (Å²) in [5.41, 5.74) is -0.324. The van der Waals surface area contributed by atoms with Gasteiger partial charge in [-0.1, -0.05) is 0 Å². The van der Waals surface area contributed by atoms with Crippen LogP contribution in [0.25, 0.3) is 0 Å². The van der Waals surface area contributed by atoms with Crippen molar-refractivity contribution in [1.29, 1.82) is 0 Å². The molecule has 0 unspecified atom stereocenters. The van der Waals surface area contributed by atoms with Gasteiger partial charge in [0.25, 0.3) is 5.56 Å². The van der Waals surface area contributed by atoms with Crippen molar-refractivity contribution in [3.05, 3.63) is 21.6 Å². The molecule has 0 spiro atoms. The normalized spacial score (nSPS) is 17.4. The number of H-pyrrole nitrogens is 1.